The molecule has 0 spiro atoms. The Labute approximate surface area is 102 Å². The lowest BCUT2D eigenvalue weighted by Gasteiger charge is -2.09. The van der Waals surface area contributed by atoms with Gasteiger partial charge in [-0.3, -0.25) is 4.55 Å². The predicted octanol–water partition coefficient (Wildman–Crippen LogP) is 2.45. The molecule has 0 aliphatic carbocycles. The van der Waals surface area contributed by atoms with E-state index < -0.39 is 10.1 Å². The van der Waals surface area contributed by atoms with Crippen LogP contribution in [0.15, 0.2) is 35.2 Å². The van der Waals surface area contributed by atoms with Gasteiger partial charge in [-0.15, -0.1) is 0 Å². The molecule has 17 heavy (non-hydrogen) atoms. The van der Waals surface area contributed by atoms with E-state index in [0.29, 0.717) is 24.3 Å². The zero-order valence-corrected chi connectivity index (χ0v) is 10.8. The molecule has 0 aliphatic heterocycles. The smallest absolute Gasteiger partial charge is 0.294 e. The molecule has 0 amide bonds. The van der Waals surface area contributed by atoms with Gasteiger partial charge in [-0.25, -0.2) is 0 Å². The molecule has 0 aliphatic rings. The second kappa shape index (κ2) is 5.33. The Balaban J connectivity index is 3.05. The lowest BCUT2D eigenvalue weighted by atomic mass is 10.1. The molecule has 0 fully saturated rings. The summed E-state index contributed by atoms with van der Waals surface area (Å²) in [6, 6.07) is 4.49. The Morgan fingerprint density at radius 2 is 2.12 bits per heavy atom. The van der Waals surface area contributed by atoms with Crippen LogP contribution in [0.2, 0.25) is 0 Å². The summed E-state index contributed by atoms with van der Waals surface area (Å²) in [7, 11) is -4.17. The summed E-state index contributed by atoms with van der Waals surface area (Å²) >= 11 is 0. The predicted molar refractivity (Wildman–Crippen MR) is 65.9 cm³/mol. The number of hydrogen-bond donors (Lipinski definition) is 1. The van der Waals surface area contributed by atoms with E-state index in [1.165, 1.54) is 12.1 Å². The maximum absolute atomic E-state index is 11.1. The molecule has 0 atom stereocenters. The van der Waals surface area contributed by atoms with Crippen molar-refractivity contribution in [3.8, 4) is 5.75 Å². The van der Waals surface area contributed by atoms with Crippen molar-refractivity contribution in [2.45, 2.75) is 25.2 Å². The third-order valence-corrected chi connectivity index (χ3v) is 3.13. The van der Waals surface area contributed by atoms with Crippen LogP contribution < -0.4 is 4.74 Å². The summed E-state index contributed by atoms with van der Waals surface area (Å²) in [6.45, 7) is 7.74. The lowest BCUT2D eigenvalue weighted by molar-refractivity contribution is 0.352. The van der Waals surface area contributed by atoms with Crippen molar-refractivity contribution in [3.63, 3.8) is 0 Å². The lowest BCUT2D eigenvalue weighted by Crippen LogP contribution is -2.04. The number of hydrogen-bond acceptors (Lipinski definition) is 3. The first-order chi connectivity index (χ1) is 7.84. The monoisotopic (exact) mass is 256 g/mol. The van der Waals surface area contributed by atoms with Crippen LogP contribution in [0.5, 0.6) is 5.75 Å². The molecule has 0 saturated carbocycles. The van der Waals surface area contributed by atoms with Crippen LogP contribution in [0.25, 0.3) is 0 Å². The second-order valence-electron chi connectivity index (χ2n) is 3.84. The molecule has 5 heteroatoms. The summed E-state index contributed by atoms with van der Waals surface area (Å²) in [5.41, 5.74) is 1.41. The fraction of sp³-hybridized carbons (Fsp3) is 0.333. The normalized spacial score (nSPS) is 11.2. The molecule has 1 aromatic carbocycles. The van der Waals surface area contributed by atoms with E-state index in [1.807, 2.05) is 13.8 Å². The van der Waals surface area contributed by atoms with Crippen molar-refractivity contribution >= 4 is 10.1 Å². The number of aryl methyl sites for hydroxylation is 1. The molecule has 0 saturated heterocycles. The fourth-order valence-electron chi connectivity index (χ4n) is 1.38. The molecule has 1 rings (SSSR count). The molecule has 1 aromatic rings. The first kappa shape index (κ1) is 13.7. The minimum atomic E-state index is -4.17. The van der Waals surface area contributed by atoms with E-state index in [0.717, 1.165) is 5.57 Å². The van der Waals surface area contributed by atoms with Crippen LogP contribution >= 0.6 is 0 Å². The highest BCUT2D eigenvalue weighted by atomic mass is 32.2. The fourth-order valence-corrected chi connectivity index (χ4v) is 2.15. The average molecular weight is 256 g/mol. The van der Waals surface area contributed by atoms with Crippen molar-refractivity contribution in [2.24, 2.45) is 0 Å². The highest BCUT2D eigenvalue weighted by Gasteiger charge is 2.14. The van der Waals surface area contributed by atoms with Gasteiger partial charge >= 0.3 is 0 Å². The van der Waals surface area contributed by atoms with Crippen molar-refractivity contribution in [1.82, 2.24) is 0 Å². The Morgan fingerprint density at radius 3 is 2.59 bits per heavy atom. The largest absolute Gasteiger partial charge is 0.489 e. The molecule has 0 radical (unpaired) electrons. The van der Waals surface area contributed by atoms with E-state index in [-0.39, 0.29) is 4.90 Å². The quantitative estimate of drug-likeness (QED) is 0.649. The molecular formula is C12H16O4S. The van der Waals surface area contributed by atoms with Gasteiger partial charge in [0.15, 0.2) is 0 Å². The Hall–Kier alpha value is -1.33. The van der Waals surface area contributed by atoms with Gasteiger partial charge in [0.05, 0.1) is 4.90 Å². The number of benzene rings is 1. The Morgan fingerprint density at radius 1 is 1.47 bits per heavy atom. The minimum Gasteiger partial charge on any atom is -0.489 e. The van der Waals surface area contributed by atoms with E-state index in [1.54, 1.807) is 6.07 Å². The second-order valence-corrected chi connectivity index (χ2v) is 5.23. The van der Waals surface area contributed by atoms with Crippen molar-refractivity contribution in [1.29, 1.82) is 0 Å². The van der Waals surface area contributed by atoms with Crippen LogP contribution in [0.4, 0.5) is 0 Å². The topological polar surface area (TPSA) is 63.6 Å². The molecule has 0 heterocycles. The summed E-state index contributed by atoms with van der Waals surface area (Å²) in [6.07, 6.45) is 0.499. The first-order valence-electron chi connectivity index (χ1n) is 5.22. The molecular weight excluding hydrogens is 240 g/mol. The summed E-state index contributed by atoms with van der Waals surface area (Å²) in [5, 5.41) is 0. The van der Waals surface area contributed by atoms with Crippen LogP contribution in [-0.4, -0.2) is 19.6 Å². The molecule has 0 unspecified atom stereocenters. The summed E-state index contributed by atoms with van der Waals surface area (Å²) in [4.78, 5) is -0.0670. The van der Waals surface area contributed by atoms with Gasteiger partial charge in [-0.2, -0.15) is 8.42 Å². The molecule has 1 N–H and O–H groups in total. The van der Waals surface area contributed by atoms with E-state index >= 15 is 0 Å². The van der Waals surface area contributed by atoms with Gasteiger partial charge in [-0.1, -0.05) is 13.5 Å². The SMILES string of the molecule is C=C(C)COc1ccc(S(=O)(=O)O)c(CC)c1. The van der Waals surface area contributed by atoms with Crippen LogP contribution in [0.3, 0.4) is 0 Å². The highest BCUT2D eigenvalue weighted by Crippen LogP contribution is 2.22. The standard InChI is InChI=1S/C12H16O4S/c1-4-10-7-11(16-8-9(2)3)5-6-12(10)17(13,14)15/h5-7H,2,4,8H2,1,3H3,(H,13,14,15). The van der Waals surface area contributed by atoms with Gasteiger partial charge in [0.2, 0.25) is 0 Å². The van der Waals surface area contributed by atoms with Gasteiger partial charge in [0.25, 0.3) is 10.1 Å². The van der Waals surface area contributed by atoms with Crippen molar-refractivity contribution < 1.29 is 17.7 Å². The zero-order valence-electron chi connectivity index (χ0n) is 9.93. The Bertz CT molecular complexity index is 517. The van der Waals surface area contributed by atoms with Gasteiger partial charge < -0.3 is 4.74 Å². The van der Waals surface area contributed by atoms with Gasteiger partial charge in [0, 0.05) is 0 Å². The van der Waals surface area contributed by atoms with Crippen LogP contribution in [0, 0.1) is 0 Å². The third-order valence-electron chi connectivity index (χ3n) is 2.18. The first-order valence-corrected chi connectivity index (χ1v) is 6.66. The third kappa shape index (κ3) is 3.87. The molecule has 0 bridgehead atoms. The number of ether oxygens (including phenoxy) is 1. The van der Waals surface area contributed by atoms with Crippen molar-refractivity contribution in [3.05, 3.63) is 35.9 Å². The zero-order chi connectivity index (χ0) is 13.1. The summed E-state index contributed by atoms with van der Waals surface area (Å²) < 4.78 is 36.6. The van der Waals surface area contributed by atoms with E-state index in [4.69, 9.17) is 9.29 Å². The van der Waals surface area contributed by atoms with Gasteiger partial charge in [-0.05, 0) is 42.7 Å². The average Bonchev–Trinajstić information content (AvgIpc) is 2.24. The summed E-state index contributed by atoms with van der Waals surface area (Å²) in [5.74, 6) is 0.567. The number of rotatable bonds is 5. The van der Waals surface area contributed by atoms with Crippen LogP contribution in [-0.2, 0) is 16.5 Å². The van der Waals surface area contributed by atoms with Crippen LogP contribution in [0.1, 0.15) is 19.4 Å². The molecule has 94 valence electrons. The van der Waals surface area contributed by atoms with Gasteiger partial charge in [0.1, 0.15) is 12.4 Å². The maximum Gasteiger partial charge on any atom is 0.294 e. The van der Waals surface area contributed by atoms with E-state index in [9.17, 15) is 8.42 Å². The Kier molecular flexibility index (Phi) is 4.31. The molecule has 4 nitrogen and oxygen atoms in total. The van der Waals surface area contributed by atoms with Crippen molar-refractivity contribution in [2.75, 3.05) is 6.61 Å². The highest BCUT2D eigenvalue weighted by molar-refractivity contribution is 7.85. The maximum atomic E-state index is 11.1. The van der Waals surface area contributed by atoms with E-state index in [2.05, 4.69) is 6.58 Å². The molecule has 0 aromatic heterocycles. The minimum absolute atomic E-state index is 0.0670.